The fourth-order valence-corrected chi connectivity index (χ4v) is 3.54. The Balaban J connectivity index is 1.78. The zero-order valence-electron chi connectivity index (χ0n) is 10.9. The van der Waals surface area contributed by atoms with E-state index in [2.05, 4.69) is 23.9 Å². The van der Waals surface area contributed by atoms with Crippen LogP contribution in [-0.4, -0.2) is 49.4 Å². The van der Waals surface area contributed by atoms with Crippen molar-refractivity contribution in [1.29, 1.82) is 0 Å². The molecule has 0 bridgehead atoms. The summed E-state index contributed by atoms with van der Waals surface area (Å²) in [6.45, 7) is 2.09. The Labute approximate surface area is 112 Å². The zero-order valence-corrected chi connectivity index (χ0v) is 11.7. The van der Waals surface area contributed by atoms with Crippen LogP contribution in [-0.2, 0) is 0 Å². The molecule has 1 unspecified atom stereocenters. The quantitative estimate of drug-likeness (QED) is 0.780. The van der Waals surface area contributed by atoms with Crippen LogP contribution in [0.15, 0.2) is 0 Å². The maximum absolute atomic E-state index is 11.1. The summed E-state index contributed by atoms with van der Waals surface area (Å²) in [7, 11) is 4.25. The molecule has 5 heteroatoms. The van der Waals surface area contributed by atoms with E-state index in [0.717, 1.165) is 35.1 Å². The van der Waals surface area contributed by atoms with Crippen molar-refractivity contribution in [2.45, 2.75) is 31.2 Å². The van der Waals surface area contributed by atoms with Crippen molar-refractivity contribution in [2.75, 3.05) is 32.1 Å². The maximum atomic E-state index is 11.1. The number of anilines is 1. The molecule has 1 saturated carbocycles. The molecule has 1 atom stereocenters. The summed E-state index contributed by atoms with van der Waals surface area (Å²) in [6.07, 6.45) is 4.56. The number of hydrogen-bond donors (Lipinski definition) is 0. The van der Waals surface area contributed by atoms with Gasteiger partial charge in [0.15, 0.2) is 11.4 Å². The first kappa shape index (κ1) is 12.1. The van der Waals surface area contributed by atoms with Gasteiger partial charge < -0.3 is 9.80 Å². The lowest BCUT2D eigenvalue weighted by Gasteiger charge is -2.19. The highest BCUT2D eigenvalue weighted by molar-refractivity contribution is 7.17. The van der Waals surface area contributed by atoms with E-state index >= 15 is 0 Å². The standard InChI is InChI=1S/C13H19N3OS/c1-15(2)10-5-6-16(7-10)13-14-12(9-3-4-9)11(8-17)18-13/h8-10H,3-7H2,1-2H3. The third-order valence-corrected chi connectivity index (χ3v) is 4.96. The van der Waals surface area contributed by atoms with Gasteiger partial charge in [0, 0.05) is 25.0 Å². The Hall–Kier alpha value is -0.940. The number of carbonyl (C=O) groups is 1. The number of thiazole rings is 1. The average molecular weight is 265 g/mol. The summed E-state index contributed by atoms with van der Waals surface area (Å²) in [5, 5.41) is 1.04. The van der Waals surface area contributed by atoms with E-state index in [0.29, 0.717) is 12.0 Å². The van der Waals surface area contributed by atoms with Crippen molar-refractivity contribution in [3.63, 3.8) is 0 Å². The fraction of sp³-hybridized carbons (Fsp3) is 0.692. The summed E-state index contributed by atoms with van der Waals surface area (Å²) in [4.78, 5) is 21.3. The second kappa shape index (κ2) is 4.63. The first-order chi connectivity index (χ1) is 8.69. The number of likely N-dealkylation sites (N-methyl/N-ethyl adjacent to an activating group) is 1. The molecule has 0 N–H and O–H groups in total. The Morgan fingerprint density at radius 1 is 1.39 bits per heavy atom. The van der Waals surface area contributed by atoms with Crippen LogP contribution in [0, 0.1) is 0 Å². The Morgan fingerprint density at radius 3 is 2.72 bits per heavy atom. The summed E-state index contributed by atoms with van der Waals surface area (Å²) >= 11 is 1.57. The number of rotatable bonds is 4. The molecular formula is C13H19N3OS. The van der Waals surface area contributed by atoms with E-state index in [1.165, 1.54) is 19.3 Å². The normalized spacial score (nSPS) is 23.9. The molecule has 1 aliphatic carbocycles. The van der Waals surface area contributed by atoms with Gasteiger partial charge in [-0.1, -0.05) is 11.3 Å². The van der Waals surface area contributed by atoms with E-state index < -0.39 is 0 Å². The molecule has 2 heterocycles. The molecule has 1 aliphatic heterocycles. The highest BCUT2D eigenvalue weighted by atomic mass is 32.1. The summed E-state index contributed by atoms with van der Waals surface area (Å²) in [6, 6.07) is 0.609. The molecule has 4 nitrogen and oxygen atoms in total. The number of carbonyl (C=O) groups excluding carboxylic acids is 1. The monoisotopic (exact) mass is 265 g/mol. The number of aromatic nitrogens is 1. The Morgan fingerprint density at radius 2 is 2.17 bits per heavy atom. The van der Waals surface area contributed by atoms with Crippen LogP contribution in [0.5, 0.6) is 0 Å². The summed E-state index contributed by atoms with van der Waals surface area (Å²) in [5.41, 5.74) is 1.05. The van der Waals surface area contributed by atoms with E-state index in [9.17, 15) is 4.79 Å². The predicted octanol–water partition coefficient (Wildman–Crippen LogP) is 1.97. The van der Waals surface area contributed by atoms with Crippen molar-refractivity contribution in [3.8, 4) is 0 Å². The minimum Gasteiger partial charge on any atom is -0.346 e. The molecule has 2 fully saturated rings. The van der Waals surface area contributed by atoms with E-state index in [1.54, 1.807) is 11.3 Å². The predicted molar refractivity (Wildman–Crippen MR) is 73.8 cm³/mol. The lowest BCUT2D eigenvalue weighted by atomic mass is 10.2. The van der Waals surface area contributed by atoms with Crippen molar-refractivity contribution < 1.29 is 4.79 Å². The van der Waals surface area contributed by atoms with Crippen LogP contribution in [0.2, 0.25) is 0 Å². The van der Waals surface area contributed by atoms with Gasteiger partial charge in [-0.3, -0.25) is 4.79 Å². The van der Waals surface area contributed by atoms with Gasteiger partial charge >= 0.3 is 0 Å². The van der Waals surface area contributed by atoms with Gasteiger partial charge in [-0.15, -0.1) is 0 Å². The highest BCUT2D eigenvalue weighted by Crippen LogP contribution is 2.44. The van der Waals surface area contributed by atoms with Crippen molar-refractivity contribution >= 4 is 22.8 Å². The number of hydrogen-bond acceptors (Lipinski definition) is 5. The van der Waals surface area contributed by atoms with Crippen LogP contribution >= 0.6 is 11.3 Å². The Bertz CT molecular complexity index is 453. The summed E-state index contributed by atoms with van der Waals surface area (Å²) < 4.78 is 0. The number of nitrogens with zero attached hydrogens (tertiary/aromatic N) is 3. The Kier molecular flexibility index (Phi) is 3.11. The first-order valence-corrected chi connectivity index (χ1v) is 7.38. The van der Waals surface area contributed by atoms with Gasteiger partial charge in [0.2, 0.25) is 0 Å². The van der Waals surface area contributed by atoms with Crippen molar-refractivity contribution in [3.05, 3.63) is 10.6 Å². The maximum Gasteiger partial charge on any atom is 0.186 e. The molecule has 98 valence electrons. The lowest BCUT2D eigenvalue weighted by molar-refractivity contribution is 0.112. The molecule has 1 saturated heterocycles. The van der Waals surface area contributed by atoms with E-state index in [-0.39, 0.29) is 0 Å². The SMILES string of the molecule is CN(C)C1CCN(c2nc(C3CC3)c(C=O)s2)C1. The summed E-state index contributed by atoms with van der Waals surface area (Å²) in [5.74, 6) is 0.558. The smallest absolute Gasteiger partial charge is 0.186 e. The molecule has 0 radical (unpaired) electrons. The minimum absolute atomic E-state index is 0.558. The second-order valence-corrected chi connectivity index (χ2v) is 6.50. The molecule has 18 heavy (non-hydrogen) atoms. The topological polar surface area (TPSA) is 36.4 Å². The lowest BCUT2D eigenvalue weighted by Crippen LogP contribution is -2.31. The van der Waals surface area contributed by atoms with Crippen LogP contribution in [0.3, 0.4) is 0 Å². The van der Waals surface area contributed by atoms with Gasteiger partial charge in [-0.2, -0.15) is 0 Å². The van der Waals surface area contributed by atoms with Crippen molar-refractivity contribution in [1.82, 2.24) is 9.88 Å². The molecule has 2 aliphatic rings. The number of aldehydes is 1. The van der Waals surface area contributed by atoms with Crippen molar-refractivity contribution in [2.24, 2.45) is 0 Å². The average Bonchev–Trinajstić information content (AvgIpc) is 2.94. The second-order valence-electron chi connectivity index (χ2n) is 5.49. The molecular weight excluding hydrogens is 246 g/mol. The molecule has 1 aromatic heterocycles. The zero-order chi connectivity index (χ0) is 12.7. The largest absolute Gasteiger partial charge is 0.346 e. The van der Waals surface area contributed by atoms with Crippen LogP contribution in [0.1, 0.15) is 40.5 Å². The van der Waals surface area contributed by atoms with E-state index in [4.69, 9.17) is 4.98 Å². The molecule has 0 spiro atoms. The van der Waals surface area contributed by atoms with Gasteiger partial charge in [0.25, 0.3) is 0 Å². The third kappa shape index (κ3) is 2.17. The van der Waals surface area contributed by atoms with E-state index in [1.807, 2.05) is 0 Å². The third-order valence-electron chi connectivity index (χ3n) is 3.91. The van der Waals surface area contributed by atoms with Gasteiger partial charge in [0.05, 0.1) is 10.6 Å². The van der Waals surface area contributed by atoms with Gasteiger partial charge in [-0.05, 0) is 33.4 Å². The van der Waals surface area contributed by atoms with Crippen LogP contribution in [0.4, 0.5) is 5.13 Å². The molecule has 3 rings (SSSR count). The van der Waals surface area contributed by atoms with Crippen LogP contribution in [0.25, 0.3) is 0 Å². The molecule has 1 aromatic rings. The van der Waals surface area contributed by atoms with Gasteiger partial charge in [0.1, 0.15) is 0 Å². The first-order valence-electron chi connectivity index (χ1n) is 6.56. The van der Waals surface area contributed by atoms with Gasteiger partial charge in [-0.25, -0.2) is 4.98 Å². The van der Waals surface area contributed by atoms with Crippen LogP contribution < -0.4 is 4.90 Å². The molecule has 0 aromatic carbocycles. The fourth-order valence-electron chi connectivity index (χ4n) is 2.54. The highest BCUT2D eigenvalue weighted by Gasteiger charge is 2.32. The minimum atomic E-state index is 0.558. The molecule has 0 amide bonds.